The van der Waals surface area contributed by atoms with Crippen LogP contribution in [0.3, 0.4) is 0 Å². The Morgan fingerprint density at radius 2 is 1.95 bits per heavy atom. The van der Waals surface area contributed by atoms with Gasteiger partial charge < -0.3 is 9.30 Å². The van der Waals surface area contributed by atoms with Gasteiger partial charge in [0.25, 0.3) is 0 Å². The summed E-state index contributed by atoms with van der Waals surface area (Å²) in [6, 6.07) is 10.9. The highest BCUT2D eigenvalue weighted by atomic mass is 28.3. The molecule has 0 radical (unpaired) electrons. The van der Waals surface area contributed by atoms with Crippen molar-refractivity contribution in [3.8, 4) is 0 Å². The molecule has 0 bridgehead atoms. The molecule has 0 aliphatic rings. The molecular formula is C17H24N2O2Si. The van der Waals surface area contributed by atoms with Crippen LogP contribution in [0.4, 0.5) is 0 Å². The summed E-state index contributed by atoms with van der Waals surface area (Å²) >= 11 is 0. The standard InChI is InChI=1S/C17H24N2O2Si/c1-22(2,3)12-11-21-14-19-10-9-18-17(19)16(20)13-15-7-5-4-6-8-15/h4-10H,11-14H2,1-3H3. The first-order valence-electron chi connectivity index (χ1n) is 7.62. The zero-order valence-corrected chi connectivity index (χ0v) is 14.6. The minimum atomic E-state index is -1.08. The third kappa shape index (κ3) is 5.24. The number of nitrogens with zero attached hydrogens (tertiary/aromatic N) is 2. The topological polar surface area (TPSA) is 44.1 Å². The van der Waals surface area contributed by atoms with Gasteiger partial charge in [-0.05, 0) is 11.6 Å². The summed E-state index contributed by atoms with van der Waals surface area (Å²) in [7, 11) is -1.08. The molecular weight excluding hydrogens is 292 g/mol. The van der Waals surface area contributed by atoms with Crippen molar-refractivity contribution in [1.29, 1.82) is 0 Å². The number of aromatic nitrogens is 2. The van der Waals surface area contributed by atoms with Gasteiger partial charge in [-0.3, -0.25) is 4.79 Å². The predicted molar refractivity (Wildman–Crippen MR) is 90.8 cm³/mol. The van der Waals surface area contributed by atoms with Crippen molar-refractivity contribution in [2.24, 2.45) is 0 Å². The fraction of sp³-hybridized carbons (Fsp3) is 0.412. The van der Waals surface area contributed by atoms with E-state index in [1.807, 2.05) is 30.3 Å². The lowest BCUT2D eigenvalue weighted by Crippen LogP contribution is -2.22. The second-order valence-electron chi connectivity index (χ2n) is 6.65. The number of hydrogen-bond donors (Lipinski definition) is 0. The number of imidazole rings is 1. The van der Waals surface area contributed by atoms with Gasteiger partial charge in [0, 0.05) is 33.5 Å². The SMILES string of the molecule is C[Si](C)(C)CCOCn1ccnc1C(=O)Cc1ccccc1. The molecule has 0 fully saturated rings. The van der Waals surface area contributed by atoms with Crippen molar-refractivity contribution < 1.29 is 9.53 Å². The lowest BCUT2D eigenvalue weighted by atomic mass is 10.1. The second-order valence-corrected chi connectivity index (χ2v) is 12.3. The van der Waals surface area contributed by atoms with Crippen molar-refractivity contribution in [3.05, 3.63) is 54.1 Å². The summed E-state index contributed by atoms with van der Waals surface area (Å²) in [5.41, 5.74) is 1.00. The molecule has 2 rings (SSSR count). The fourth-order valence-electron chi connectivity index (χ4n) is 2.07. The molecule has 0 saturated carbocycles. The Labute approximate surface area is 133 Å². The lowest BCUT2D eigenvalue weighted by molar-refractivity contribution is 0.0799. The van der Waals surface area contributed by atoms with Crippen molar-refractivity contribution >= 4 is 13.9 Å². The number of rotatable bonds is 8. The second kappa shape index (κ2) is 7.51. The molecule has 0 amide bonds. The van der Waals surface area contributed by atoms with Gasteiger partial charge in [0.2, 0.25) is 5.78 Å². The third-order valence-electron chi connectivity index (χ3n) is 3.40. The molecule has 118 valence electrons. The lowest BCUT2D eigenvalue weighted by Gasteiger charge is -2.15. The summed E-state index contributed by atoms with van der Waals surface area (Å²) in [6.07, 6.45) is 3.82. The molecule has 0 saturated heterocycles. The van der Waals surface area contributed by atoms with Crippen LogP contribution in [0.25, 0.3) is 0 Å². The van der Waals surface area contributed by atoms with Crippen molar-refractivity contribution in [1.82, 2.24) is 9.55 Å². The van der Waals surface area contributed by atoms with E-state index in [0.29, 0.717) is 19.0 Å². The predicted octanol–water partition coefficient (Wildman–Crippen LogP) is 3.62. The maximum Gasteiger partial charge on any atom is 0.202 e. The van der Waals surface area contributed by atoms with Crippen molar-refractivity contribution in [2.75, 3.05) is 6.61 Å². The zero-order valence-electron chi connectivity index (χ0n) is 13.6. The summed E-state index contributed by atoms with van der Waals surface area (Å²) in [5.74, 6) is 0.488. The number of ether oxygens (including phenoxy) is 1. The number of benzene rings is 1. The first-order valence-corrected chi connectivity index (χ1v) is 11.3. The Bertz CT molecular complexity index is 603. The highest BCUT2D eigenvalue weighted by Gasteiger charge is 2.15. The molecule has 2 aromatic rings. The van der Waals surface area contributed by atoms with Crippen molar-refractivity contribution in [3.63, 3.8) is 0 Å². The molecule has 0 unspecified atom stereocenters. The summed E-state index contributed by atoms with van der Waals surface area (Å²) in [6.45, 7) is 8.09. The van der Waals surface area contributed by atoms with E-state index < -0.39 is 8.07 Å². The average Bonchev–Trinajstić information content (AvgIpc) is 2.92. The van der Waals surface area contributed by atoms with E-state index in [0.717, 1.165) is 18.2 Å². The fourth-order valence-corrected chi connectivity index (χ4v) is 2.82. The summed E-state index contributed by atoms with van der Waals surface area (Å²) in [4.78, 5) is 16.5. The van der Waals surface area contributed by atoms with Gasteiger partial charge in [-0.15, -0.1) is 0 Å². The van der Waals surface area contributed by atoms with Crippen LogP contribution in [0, 0.1) is 0 Å². The Kier molecular flexibility index (Phi) is 5.68. The number of hydrogen-bond acceptors (Lipinski definition) is 3. The van der Waals surface area contributed by atoms with Crippen LogP contribution < -0.4 is 0 Å². The molecule has 0 aliphatic heterocycles. The van der Waals surface area contributed by atoms with Gasteiger partial charge in [-0.2, -0.15) is 0 Å². The van der Waals surface area contributed by atoms with E-state index in [9.17, 15) is 4.79 Å². The Balaban J connectivity index is 1.90. The van der Waals surface area contributed by atoms with E-state index in [4.69, 9.17) is 4.74 Å². The van der Waals surface area contributed by atoms with Gasteiger partial charge in [-0.25, -0.2) is 4.98 Å². The van der Waals surface area contributed by atoms with Crippen molar-refractivity contribution in [2.45, 2.75) is 38.8 Å². The summed E-state index contributed by atoms with van der Waals surface area (Å²) in [5, 5.41) is 0. The molecule has 0 N–H and O–H groups in total. The molecule has 4 nitrogen and oxygen atoms in total. The number of carbonyl (C=O) groups is 1. The van der Waals surface area contributed by atoms with Crippen LogP contribution >= 0.6 is 0 Å². The first kappa shape index (κ1) is 16.6. The van der Waals surface area contributed by atoms with E-state index in [1.165, 1.54) is 0 Å². The van der Waals surface area contributed by atoms with Gasteiger partial charge in [0.1, 0.15) is 6.73 Å². The molecule has 5 heteroatoms. The molecule has 22 heavy (non-hydrogen) atoms. The quantitative estimate of drug-likeness (QED) is 0.424. The van der Waals surface area contributed by atoms with E-state index in [1.54, 1.807) is 17.0 Å². The number of Topliss-reactive ketones (excluding diaryl/α,β-unsaturated/α-hetero) is 1. The van der Waals surface area contributed by atoms with E-state index in [2.05, 4.69) is 24.6 Å². The van der Waals surface area contributed by atoms with Gasteiger partial charge >= 0.3 is 0 Å². The minimum Gasteiger partial charge on any atom is -0.361 e. The third-order valence-corrected chi connectivity index (χ3v) is 5.10. The highest BCUT2D eigenvalue weighted by molar-refractivity contribution is 6.76. The molecule has 0 atom stereocenters. The normalized spacial score (nSPS) is 11.6. The van der Waals surface area contributed by atoms with Crippen LogP contribution in [-0.2, 0) is 17.9 Å². The number of carbonyl (C=O) groups excluding carboxylic acids is 1. The zero-order chi connectivity index (χ0) is 16.0. The highest BCUT2D eigenvalue weighted by Crippen LogP contribution is 2.09. The van der Waals surface area contributed by atoms with Crippen LogP contribution in [0.2, 0.25) is 25.7 Å². The smallest absolute Gasteiger partial charge is 0.202 e. The Morgan fingerprint density at radius 1 is 1.23 bits per heavy atom. The van der Waals surface area contributed by atoms with Crippen LogP contribution in [0.15, 0.2) is 42.7 Å². The largest absolute Gasteiger partial charge is 0.361 e. The van der Waals surface area contributed by atoms with Crippen LogP contribution in [0.5, 0.6) is 0 Å². The molecule has 0 spiro atoms. The Morgan fingerprint density at radius 3 is 2.64 bits per heavy atom. The number of ketones is 1. The van der Waals surface area contributed by atoms with Crippen LogP contribution in [0.1, 0.15) is 16.2 Å². The molecule has 1 aromatic heterocycles. The molecule has 0 aliphatic carbocycles. The van der Waals surface area contributed by atoms with Gasteiger partial charge in [-0.1, -0.05) is 50.0 Å². The first-order chi connectivity index (χ1) is 10.5. The van der Waals surface area contributed by atoms with E-state index in [-0.39, 0.29) is 5.78 Å². The van der Waals surface area contributed by atoms with Gasteiger partial charge in [0.05, 0.1) is 0 Å². The summed E-state index contributed by atoms with van der Waals surface area (Å²) < 4.78 is 7.49. The maximum atomic E-state index is 12.4. The van der Waals surface area contributed by atoms with Crippen LogP contribution in [-0.4, -0.2) is 30.0 Å². The average molecular weight is 316 g/mol. The Hall–Kier alpha value is -1.72. The monoisotopic (exact) mass is 316 g/mol. The maximum absolute atomic E-state index is 12.4. The molecule has 1 aromatic carbocycles. The minimum absolute atomic E-state index is 0.0185. The van der Waals surface area contributed by atoms with E-state index >= 15 is 0 Å². The molecule has 1 heterocycles. The van der Waals surface area contributed by atoms with Gasteiger partial charge in [0.15, 0.2) is 5.82 Å².